The van der Waals surface area contributed by atoms with Crippen molar-refractivity contribution in [3.63, 3.8) is 0 Å². The van der Waals surface area contributed by atoms with E-state index in [1.54, 1.807) is 0 Å². The van der Waals surface area contributed by atoms with Gasteiger partial charge in [0.15, 0.2) is 0 Å². The molecular weight excluding hydrogens is 234 g/mol. The van der Waals surface area contributed by atoms with Gasteiger partial charge < -0.3 is 9.08 Å². The fourth-order valence-corrected chi connectivity index (χ4v) is 2.97. The fraction of sp³-hybridized carbons (Fsp3) is 0.923. The van der Waals surface area contributed by atoms with Crippen LogP contribution in [0.5, 0.6) is 0 Å². The van der Waals surface area contributed by atoms with Crippen molar-refractivity contribution in [3.8, 4) is 0 Å². The summed E-state index contributed by atoms with van der Waals surface area (Å²) in [5.74, 6) is 1.57. The van der Waals surface area contributed by atoms with E-state index >= 15 is 0 Å². The van der Waals surface area contributed by atoms with Crippen LogP contribution in [-0.4, -0.2) is 36.8 Å². The Balaban J connectivity index is 1.71. The largest absolute Gasteiger partial charge is 0.342 e. The molecule has 0 unspecified atom stereocenters. The maximum Gasteiger partial charge on any atom is 0.229 e. The van der Waals surface area contributed by atoms with Gasteiger partial charge in [0.25, 0.3) is 0 Å². The minimum absolute atomic E-state index is 0.0146. The van der Waals surface area contributed by atoms with Gasteiger partial charge in [-0.25, -0.2) is 0 Å². The first-order valence-corrected chi connectivity index (χ1v) is 7.70. The van der Waals surface area contributed by atoms with Crippen LogP contribution in [0.3, 0.4) is 0 Å². The molecule has 0 aromatic rings. The lowest BCUT2D eigenvalue weighted by molar-refractivity contribution is -0.145. The van der Waals surface area contributed by atoms with Gasteiger partial charge in [0.1, 0.15) is 0 Å². The Morgan fingerprint density at radius 2 is 2.12 bits per heavy atom. The standard InChI is InChI=1S/C13H23NO2S/c1-10(2)13(5-6-13)12(15)14-8-11(9-14)4-7-16-17-3/h10-11H,4-9H2,1-3H3. The fourth-order valence-electron chi connectivity index (χ4n) is 2.70. The summed E-state index contributed by atoms with van der Waals surface area (Å²) >= 11 is 1.42. The van der Waals surface area contributed by atoms with Crippen molar-refractivity contribution < 1.29 is 8.98 Å². The normalized spacial score (nSPS) is 22.7. The molecular formula is C13H23NO2S. The Labute approximate surface area is 108 Å². The topological polar surface area (TPSA) is 29.5 Å². The van der Waals surface area contributed by atoms with Gasteiger partial charge >= 0.3 is 0 Å². The molecule has 0 spiro atoms. The number of carbonyl (C=O) groups excluding carboxylic acids is 1. The number of amides is 1. The van der Waals surface area contributed by atoms with Crippen molar-refractivity contribution in [3.05, 3.63) is 0 Å². The minimum Gasteiger partial charge on any atom is -0.342 e. The maximum atomic E-state index is 12.3. The van der Waals surface area contributed by atoms with Crippen LogP contribution < -0.4 is 0 Å². The molecule has 1 amide bonds. The minimum atomic E-state index is 0.0146. The van der Waals surface area contributed by atoms with Crippen LogP contribution in [0.2, 0.25) is 0 Å². The zero-order valence-corrected chi connectivity index (χ0v) is 11.9. The average Bonchev–Trinajstić information content (AvgIpc) is 3.01. The van der Waals surface area contributed by atoms with Gasteiger partial charge in [-0.05, 0) is 43.1 Å². The molecule has 0 bridgehead atoms. The second-order valence-electron chi connectivity index (χ2n) is 5.66. The molecule has 4 heteroatoms. The van der Waals surface area contributed by atoms with E-state index in [4.69, 9.17) is 4.18 Å². The molecule has 0 atom stereocenters. The highest BCUT2D eigenvalue weighted by molar-refractivity contribution is 7.93. The smallest absolute Gasteiger partial charge is 0.229 e. The first-order chi connectivity index (χ1) is 8.10. The predicted molar refractivity (Wildman–Crippen MR) is 70.7 cm³/mol. The van der Waals surface area contributed by atoms with Gasteiger partial charge in [-0.2, -0.15) is 0 Å². The number of hydrogen-bond acceptors (Lipinski definition) is 3. The predicted octanol–water partition coefficient (Wildman–Crippen LogP) is 2.57. The van der Waals surface area contributed by atoms with E-state index in [0.717, 1.165) is 39.0 Å². The molecule has 2 aliphatic rings. The highest BCUT2D eigenvalue weighted by Gasteiger charge is 2.55. The molecule has 0 radical (unpaired) electrons. The van der Waals surface area contributed by atoms with E-state index in [0.29, 0.717) is 17.7 Å². The van der Waals surface area contributed by atoms with Crippen LogP contribution in [-0.2, 0) is 8.98 Å². The van der Waals surface area contributed by atoms with Gasteiger partial charge in [-0.15, -0.1) is 0 Å². The van der Waals surface area contributed by atoms with Gasteiger partial charge in [0.05, 0.1) is 12.0 Å². The van der Waals surface area contributed by atoms with Crippen molar-refractivity contribution in [2.24, 2.45) is 17.3 Å². The Morgan fingerprint density at radius 1 is 1.47 bits per heavy atom. The lowest BCUT2D eigenvalue weighted by atomic mass is 9.87. The van der Waals surface area contributed by atoms with Crippen molar-refractivity contribution >= 4 is 17.9 Å². The van der Waals surface area contributed by atoms with Gasteiger partial charge in [-0.3, -0.25) is 4.79 Å². The molecule has 1 saturated heterocycles. The molecule has 17 heavy (non-hydrogen) atoms. The summed E-state index contributed by atoms with van der Waals surface area (Å²) in [6.07, 6.45) is 5.22. The second-order valence-corrected chi connectivity index (χ2v) is 6.23. The number of rotatable bonds is 6. The monoisotopic (exact) mass is 257 g/mol. The Kier molecular flexibility index (Phi) is 4.03. The van der Waals surface area contributed by atoms with Gasteiger partial charge in [0, 0.05) is 19.3 Å². The average molecular weight is 257 g/mol. The highest BCUT2D eigenvalue weighted by atomic mass is 32.2. The number of carbonyl (C=O) groups is 1. The van der Waals surface area contributed by atoms with Gasteiger partial charge in [0.2, 0.25) is 5.91 Å². The molecule has 3 nitrogen and oxygen atoms in total. The van der Waals surface area contributed by atoms with Crippen LogP contribution in [0.15, 0.2) is 0 Å². The Hall–Kier alpha value is -0.220. The summed E-state index contributed by atoms with van der Waals surface area (Å²) in [4.78, 5) is 14.4. The molecule has 0 aromatic carbocycles. The zero-order chi connectivity index (χ0) is 12.5. The van der Waals surface area contributed by atoms with E-state index in [-0.39, 0.29) is 5.41 Å². The molecule has 0 aromatic heterocycles. The summed E-state index contributed by atoms with van der Waals surface area (Å²) in [5.41, 5.74) is 0.0146. The SMILES string of the molecule is CSOCCC1CN(C(=O)C2(C(C)C)CC2)C1. The molecule has 1 aliphatic carbocycles. The van der Waals surface area contributed by atoms with Crippen molar-refractivity contribution in [1.29, 1.82) is 0 Å². The summed E-state index contributed by atoms with van der Waals surface area (Å²) in [6.45, 7) is 7.06. The summed E-state index contributed by atoms with van der Waals surface area (Å²) in [5, 5.41) is 0. The Morgan fingerprint density at radius 3 is 2.59 bits per heavy atom. The van der Waals surface area contributed by atoms with Crippen molar-refractivity contribution in [2.75, 3.05) is 26.0 Å². The maximum absolute atomic E-state index is 12.3. The quantitative estimate of drug-likeness (QED) is 0.541. The number of hydrogen-bond donors (Lipinski definition) is 0. The first-order valence-electron chi connectivity index (χ1n) is 6.55. The molecule has 2 fully saturated rings. The molecule has 1 heterocycles. The van der Waals surface area contributed by atoms with Crippen LogP contribution in [0.1, 0.15) is 33.1 Å². The molecule has 1 aliphatic heterocycles. The van der Waals surface area contributed by atoms with Crippen LogP contribution in [0.25, 0.3) is 0 Å². The van der Waals surface area contributed by atoms with Gasteiger partial charge in [-0.1, -0.05) is 13.8 Å². The van der Waals surface area contributed by atoms with E-state index in [9.17, 15) is 4.79 Å². The molecule has 2 rings (SSSR count). The third-order valence-electron chi connectivity index (χ3n) is 4.29. The van der Waals surface area contributed by atoms with E-state index in [2.05, 4.69) is 18.7 Å². The Bertz CT molecular complexity index is 283. The van der Waals surface area contributed by atoms with Crippen molar-refractivity contribution in [1.82, 2.24) is 4.90 Å². The second kappa shape index (κ2) is 5.19. The molecule has 98 valence electrons. The van der Waals surface area contributed by atoms with Crippen molar-refractivity contribution in [2.45, 2.75) is 33.1 Å². The highest BCUT2D eigenvalue weighted by Crippen LogP contribution is 2.53. The lowest BCUT2D eigenvalue weighted by Crippen LogP contribution is -2.53. The number of likely N-dealkylation sites (tertiary alicyclic amines) is 1. The van der Waals surface area contributed by atoms with Crippen LogP contribution in [0, 0.1) is 17.3 Å². The molecule has 0 N–H and O–H groups in total. The summed E-state index contributed by atoms with van der Waals surface area (Å²) < 4.78 is 5.27. The zero-order valence-electron chi connectivity index (χ0n) is 11.1. The summed E-state index contributed by atoms with van der Waals surface area (Å²) in [7, 11) is 0. The van der Waals surface area contributed by atoms with Crippen LogP contribution in [0.4, 0.5) is 0 Å². The van der Waals surface area contributed by atoms with E-state index < -0.39 is 0 Å². The number of nitrogens with zero attached hydrogens (tertiary/aromatic N) is 1. The first kappa shape index (κ1) is 13.2. The van der Waals surface area contributed by atoms with E-state index in [1.807, 2.05) is 6.26 Å². The summed E-state index contributed by atoms with van der Waals surface area (Å²) in [6, 6.07) is 0. The third-order valence-corrected chi connectivity index (χ3v) is 4.69. The molecule has 1 saturated carbocycles. The third kappa shape index (κ3) is 2.63. The van der Waals surface area contributed by atoms with E-state index in [1.165, 1.54) is 12.0 Å². The lowest BCUT2D eigenvalue weighted by Gasteiger charge is -2.42. The van der Waals surface area contributed by atoms with Crippen LogP contribution >= 0.6 is 12.0 Å².